The molecule has 4 rings (SSSR count). The Bertz CT molecular complexity index is 835. The Kier molecular flexibility index (Phi) is 10.0. The normalized spacial score (nSPS) is 24.4. The molecule has 0 unspecified atom stereocenters. The van der Waals surface area contributed by atoms with Crippen molar-refractivity contribution < 1.29 is 29.4 Å². The van der Waals surface area contributed by atoms with E-state index in [1.807, 2.05) is 102 Å². The number of nitrogens with zero attached hydrogens (tertiary/aromatic N) is 2. The van der Waals surface area contributed by atoms with E-state index in [0.29, 0.717) is 26.3 Å². The maximum Gasteiger partial charge on any atom is 0.163 e. The molecule has 0 amide bonds. The molecule has 0 aromatic heterocycles. The van der Waals surface area contributed by atoms with E-state index in [0.717, 1.165) is 11.1 Å². The highest BCUT2D eigenvalue weighted by Crippen LogP contribution is 2.27. The monoisotopic (exact) mass is 502 g/mol. The third-order valence-electron chi connectivity index (χ3n) is 6.45. The summed E-state index contributed by atoms with van der Waals surface area (Å²) in [4.78, 5) is 0. The molecule has 0 bridgehead atoms. The van der Waals surface area contributed by atoms with Gasteiger partial charge in [0, 0.05) is 13.1 Å². The third-order valence-corrected chi connectivity index (χ3v) is 6.45. The van der Waals surface area contributed by atoms with Crippen molar-refractivity contribution in [2.24, 2.45) is 0 Å². The molecule has 36 heavy (non-hydrogen) atoms. The lowest BCUT2D eigenvalue weighted by molar-refractivity contribution is -0.185. The summed E-state index contributed by atoms with van der Waals surface area (Å²) in [6.45, 7) is 13.4. The molecule has 2 aliphatic heterocycles. The Morgan fingerprint density at radius 2 is 1.03 bits per heavy atom. The zero-order valence-corrected chi connectivity index (χ0v) is 22.3. The molecule has 2 N–H and O–H groups in total. The van der Waals surface area contributed by atoms with Crippen molar-refractivity contribution in [1.29, 1.82) is 0 Å². The largest absolute Gasteiger partial charge is 0.348 e. The highest BCUT2D eigenvalue weighted by Gasteiger charge is 2.38. The van der Waals surface area contributed by atoms with Gasteiger partial charge in [0.05, 0.1) is 25.3 Å². The fraction of sp³-hybridized carbons (Fsp3) is 0.571. The zero-order valence-electron chi connectivity index (χ0n) is 22.3. The molecule has 2 aromatic carbocycles. The average Bonchev–Trinajstić information content (AvgIpc) is 3.40. The van der Waals surface area contributed by atoms with Crippen molar-refractivity contribution in [3.05, 3.63) is 71.8 Å². The topological polar surface area (TPSA) is 83.9 Å². The van der Waals surface area contributed by atoms with Crippen molar-refractivity contribution in [2.45, 2.75) is 90.5 Å². The maximum atomic E-state index is 10.1. The predicted octanol–water partition coefficient (Wildman–Crippen LogP) is 4.84. The molecule has 8 nitrogen and oxygen atoms in total. The Morgan fingerprint density at radius 1 is 0.694 bits per heavy atom. The molecular weight excluding hydrogens is 460 g/mol. The molecule has 0 aliphatic carbocycles. The van der Waals surface area contributed by atoms with Crippen LogP contribution >= 0.6 is 0 Å². The Hall–Kier alpha value is -1.88. The molecule has 2 aromatic rings. The minimum atomic E-state index is -0.549. The van der Waals surface area contributed by atoms with Crippen LogP contribution < -0.4 is 0 Å². The molecule has 2 fully saturated rings. The number of hydroxylamine groups is 4. The van der Waals surface area contributed by atoms with Gasteiger partial charge in [0.2, 0.25) is 0 Å². The van der Waals surface area contributed by atoms with Crippen LogP contribution in [0, 0.1) is 0 Å². The van der Waals surface area contributed by atoms with Crippen molar-refractivity contribution in [2.75, 3.05) is 13.2 Å². The van der Waals surface area contributed by atoms with E-state index in [-0.39, 0.29) is 24.3 Å². The van der Waals surface area contributed by atoms with E-state index in [2.05, 4.69) is 0 Å². The van der Waals surface area contributed by atoms with Crippen molar-refractivity contribution in [3.8, 4) is 0 Å². The lowest BCUT2D eigenvalue weighted by atomic mass is 10.1. The molecule has 2 heterocycles. The van der Waals surface area contributed by atoms with Crippen LogP contribution in [0.25, 0.3) is 0 Å². The van der Waals surface area contributed by atoms with Gasteiger partial charge in [-0.15, -0.1) is 0 Å². The molecule has 4 atom stereocenters. The lowest BCUT2D eigenvalue weighted by Crippen LogP contribution is -2.41. The highest BCUT2D eigenvalue weighted by molar-refractivity contribution is 5.15. The molecule has 0 spiro atoms. The summed E-state index contributed by atoms with van der Waals surface area (Å²) in [5.74, 6) is -1.10. The van der Waals surface area contributed by atoms with Gasteiger partial charge >= 0.3 is 0 Å². The van der Waals surface area contributed by atoms with E-state index in [1.165, 1.54) is 10.1 Å². The fourth-order valence-electron chi connectivity index (χ4n) is 4.12. The quantitative estimate of drug-likeness (QED) is 0.497. The first-order valence-electron chi connectivity index (χ1n) is 12.6. The van der Waals surface area contributed by atoms with Crippen molar-refractivity contribution in [1.82, 2.24) is 10.1 Å². The van der Waals surface area contributed by atoms with Gasteiger partial charge < -0.3 is 29.4 Å². The number of hydrogen-bond donors (Lipinski definition) is 2. The first-order chi connectivity index (χ1) is 17.0. The van der Waals surface area contributed by atoms with E-state index in [4.69, 9.17) is 18.9 Å². The number of ether oxygens (including phenoxy) is 4. The second-order valence-corrected chi connectivity index (χ2v) is 10.4. The van der Waals surface area contributed by atoms with Gasteiger partial charge in [-0.05, 0) is 52.7 Å². The summed E-state index contributed by atoms with van der Waals surface area (Å²) in [6, 6.07) is 19.5. The predicted molar refractivity (Wildman–Crippen MR) is 136 cm³/mol. The summed E-state index contributed by atoms with van der Waals surface area (Å²) >= 11 is 0. The molecule has 0 saturated carbocycles. The Morgan fingerprint density at radius 3 is 1.31 bits per heavy atom. The third kappa shape index (κ3) is 8.61. The van der Waals surface area contributed by atoms with Gasteiger partial charge in [0.1, 0.15) is 12.2 Å². The van der Waals surface area contributed by atoms with Gasteiger partial charge in [0.15, 0.2) is 11.6 Å². The van der Waals surface area contributed by atoms with Crippen LogP contribution in [0.5, 0.6) is 0 Å². The van der Waals surface area contributed by atoms with Crippen LogP contribution in [0.15, 0.2) is 60.7 Å². The Balaban J connectivity index is 0.000000201. The number of hydrogen-bond acceptors (Lipinski definition) is 8. The first-order valence-corrected chi connectivity index (χ1v) is 12.6. The van der Waals surface area contributed by atoms with Gasteiger partial charge in [-0.25, -0.2) is 0 Å². The summed E-state index contributed by atoms with van der Waals surface area (Å²) in [5, 5.41) is 22.8. The van der Waals surface area contributed by atoms with E-state index in [1.54, 1.807) is 0 Å². The van der Waals surface area contributed by atoms with E-state index < -0.39 is 11.6 Å². The maximum absolute atomic E-state index is 10.1. The fourth-order valence-corrected chi connectivity index (χ4v) is 4.12. The lowest BCUT2D eigenvalue weighted by Gasteiger charge is -2.27. The molecule has 8 heteroatoms. The Labute approximate surface area is 215 Å². The summed E-state index contributed by atoms with van der Waals surface area (Å²) < 4.78 is 22.5. The van der Waals surface area contributed by atoms with Gasteiger partial charge in [-0.2, -0.15) is 10.1 Å². The molecule has 200 valence electrons. The number of benzene rings is 2. The van der Waals surface area contributed by atoms with Gasteiger partial charge in [0.25, 0.3) is 0 Å². The SMILES string of the molecule is C[C@@H]([C@H]1COC(C)(C)O1)N(O)Cc1ccccc1.C[C@H]([C@H]1COC(C)(C)O1)N(O)Cc1ccccc1. The molecule has 0 radical (unpaired) electrons. The summed E-state index contributed by atoms with van der Waals surface area (Å²) in [6.07, 6.45) is -0.206. The second kappa shape index (κ2) is 12.6. The molecule has 2 saturated heterocycles. The van der Waals surface area contributed by atoms with Gasteiger partial charge in [-0.3, -0.25) is 0 Å². The van der Waals surface area contributed by atoms with Crippen LogP contribution in [0.1, 0.15) is 52.7 Å². The molecule has 2 aliphatic rings. The van der Waals surface area contributed by atoms with Crippen molar-refractivity contribution >= 4 is 0 Å². The number of rotatable bonds is 8. The average molecular weight is 503 g/mol. The molecular formula is C28H42N2O6. The van der Waals surface area contributed by atoms with Crippen LogP contribution in [-0.2, 0) is 32.0 Å². The first kappa shape index (κ1) is 28.7. The van der Waals surface area contributed by atoms with Crippen molar-refractivity contribution in [3.63, 3.8) is 0 Å². The van der Waals surface area contributed by atoms with E-state index >= 15 is 0 Å². The van der Waals surface area contributed by atoms with Crippen LogP contribution in [0.3, 0.4) is 0 Å². The standard InChI is InChI=1S/2C14H21NO3/c2*1-11(13-10-17-14(2,3)18-13)15(16)9-12-7-5-4-6-8-12/h2*4-8,11,13,16H,9-10H2,1-3H3/t11-,13+;11-,13-/m01/s1. The highest BCUT2D eigenvalue weighted by atomic mass is 16.7. The smallest absolute Gasteiger partial charge is 0.163 e. The minimum Gasteiger partial charge on any atom is -0.348 e. The van der Waals surface area contributed by atoms with Crippen LogP contribution in [0.2, 0.25) is 0 Å². The summed E-state index contributed by atoms with van der Waals surface area (Å²) in [5.41, 5.74) is 2.15. The van der Waals surface area contributed by atoms with E-state index in [9.17, 15) is 10.4 Å². The summed E-state index contributed by atoms with van der Waals surface area (Å²) in [7, 11) is 0. The zero-order chi connectivity index (χ0) is 26.3. The second-order valence-electron chi connectivity index (χ2n) is 10.4. The van der Waals surface area contributed by atoms with Crippen LogP contribution in [-0.4, -0.2) is 69.6 Å². The van der Waals surface area contributed by atoms with Crippen LogP contribution in [0.4, 0.5) is 0 Å². The minimum absolute atomic E-state index is 0.103. The van der Waals surface area contributed by atoms with Gasteiger partial charge in [-0.1, -0.05) is 60.7 Å².